The predicted molar refractivity (Wildman–Crippen MR) is 108 cm³/mol. The molecule has 3 rings (SSSR count). The fourth-order valence-corrected chi connectivity index (χ4v) is 3.51. The molecule has 0 saturated carbocycles. The molecule has 1 aliphatic heterocycles. The molecule has 1 N–H and O–H groups in total. The second-order valence-corrected chi connectivity index (χ2v) is 7.39. The molecule has 1 unspecified atom stereocenters. The Balaban J connectivity index is 2.09. The maximum atomic E-state index is 13.6. The molecule has 0 aliphatic carbocycles. The lowest BCUT2D eigenvalue weighted by molar-refractivity contribution is -0.139. The molecule has 1 amide bonds. The maximum Gasteiger partial charge on any atom is 0.295 e. The topological polar surface area (TPSA) is 73.7 Å². The smallest absolute Gasteiger partial charge is 0.295 e. The van der Waals surface area contributed by atoms with Crippen molar-refractivity contribution in [2.24, 2.45) is 0 Å². The molecule has 1 aliphatic rings. The van der Waals surface area contributed by atoms with Crippen molar-refractivity contribution in [1.82, 2.24) is 14.8 Å². The summed E-state index contributed by atoms with van der Waals surface area (Å²) in [7, 11) is 3.87. The van der Waals surface area contributed by atoms with E-state index in [1.807, 2.05) is 19.0 Å². The summed E-state index contributed by atoms with van der Waals surface area (Å²) in [5.41, 5.74) is 1.34. The van der Waals surface area contributed by atoms with Crippen LogP contribution in [-0.4, -0.2) is 58.8 Å². The van der Waals surface area contributed by atoms with Crippen LogP contribution in [0.1, 0.15) is 29.2 Å². The molecule has 2 aromatic rings. The lowest BCUT2D eigenvalue weighted by Crippen LogP contribution is -2.32. The Bertz CT molecular complexity index is 957. The zero-order valence-corrected chi connectivity index (χ0v) is 16.7. The molecule has 1 aromatic heterocycles. The van der Waals surface area contributed by atoms with Gasteiger partial charge in [0.05, 0.1) is 11.6 Å². The first kappa shape index (κ1) is 20.7. The van der Waals surface area contributed by atoms with Gasteiger partial charge in [-0.3, -0.25) is 14.6 Å². The summed E-state index contributed by atoms with van der Waals surface area (Å²) in [5.74, 6) is -2.10. The summed E-state index contributed by atoms with van der Waals surface area (Å²) in [6.45, 7) is 2.70. The van der Waals surface area contributed by atoms with Gasteiger partial charge in [-0.25, -0.2) is 4.39 Å². The Labute approximate surface area is 169 Å². The number of hydrogen-bond donors (Lipinski definition) is 1. The Kier molecular flexibility index (Phi) is 6.08. The molecule has 6 nitrogen and oxygen atoms in total. The number of pyridine rings is 1. The van der Waals surface area contributed by atoms with E-state index in [2.05, 4.69) is 4.98 Å². The van der Waals surface area contributed by atoms with E-state index < -0.39 is 23.5 Å². The number of benzene rings is 1. The summed E-state index contributed by atoms with van der Waals surface area (Å²) in [4.78, 5) is 33.1. The molecular weight excluding hydrogens is 373 g/mol. The fraction of sp³-hybridized carbons (Fsp3) is 0.318. The Hall–Kier alpha value is -3.06. The zero-order chi connectivity index (χ0) is 21.1. The minimum atomic E-state index is -0.740. The summed E-state index contributed by atoms with van der Waals surface area (Å²) in [6, 6.07) is 6.83. The quantitative estimate of drug-likeness (QED) is 0.461. The van der Waals surface area contributed by atoms with Gasteiger partial charge in [0.1, 0.15) is 11.6 Å². The van der Waals surface area contributed by atoms with Crippen LogP contribution in [0.2, 0.25) is 0 Å². The predicted octanol–water partition coefficient (Wildman–Crippen LogP) is 2.90. The van der Waals surface area contributed by atoms with Crippen LogP contribution in [0, 0.1) is 12.7 Å². The summed E-state index contributed by atoms with van der Waals surface area (Å²) >= 11 is 0. The highest BCUT2D eigenvalue weighted by Crippen LogP contribution is 2.39. The van der Waals surface area contributed by atoms with Gasteiger partial charge in [0.25, 0.3) is 11.7 Å². The van der Waals surface area contributed by atoms with Crippen LogP contribution in [0.5, 0.6) is 0 Å². The third kappa shape index (κ3) is 4.19. The van der Waals surface area contributed by atoms with Crippen LogP contribution >= 0.6 is 0 Å². The lowest BCUT2D eigenvalue weighted by Gasteiger charge is -2.25. The van der Waals surface area contributed by atoms with Crippen molar-refractivity contribution in [2.75, 3.05) is 27.2 Å². The molecular formula is C22H24FN3O3. The molecule has 0 bridgehead atoms. The van der Waals surface area contributed by atoms with Gasteiger partial charge in [-0.05, 0) is 75.4 Å². The first-order valence-corrected chi connectivity index (χ1v) is 9.41. The Morgan fingerprint density at radius 3 is 2.52 bits per heavy atom. The molecule has 1 saturated heterocycles. The minimum Gasteiger partial charge on any atom is -0.507 e. The third-order valence-electron chi connectivity index (χ3n) is 5.00. The van der Waals surface area contributed by atoms with Gasteiger partial charge in [-0.15, -0.1) is 0 Å². The van der Waals surface area contributed by atoms with Gasteiger partial charge < -0.3 is 14.9 Å². The fourth-order valence-electron chi connectivity index (χ4n) is 3.51. The average Bonchev–Trinajstić information content (AvgIpc) is 2.95. The molecule has 2 heterocycles. The number of aliphatic hydroxyl groups excluding tert-OH is 1. The molecule has 7 heteroatoms. The Morgan fingerprint density at radius 2 is 1.90 bits per heavy atom. The van der Waals surface area contributed by atoms with Crippen LogP contribution < -0.4 is 0 Å². The Morgan fingerprint density at radius 1 is 1.21 bits per heavy atom. The molecule has 1 fully saturated rings. The van der Waals surface area contributed by atoms with E-state index in [0.29, 0.717) is 29.7 Å². The van der Waals surface area contributed by atoms with Gasteiger partial charge in [0.15, 0.2) is 0 Å². The maximum absolute atomic E-state index is 13.6. The highest BCUT2D eigenvalue weighted by molar-refractivity contribution is 6.46. The SMILES string of the molecule is Cc1cc(/C(O)=C2/C(=O)C(=O)N(CCCN(C)C)C2c2ccncc2)ccc1F. The van der Waals surface area contributed by atoms with Crippen LogP contribution in [0.15, 0.2) is 48.3 Å². The van der Waals surface area contributed by atoms with E-state index in [-0.39, 0.29) is 11.3 Å². The number of hydrogen-bond acceptors (Lipinski definition) is 5. The zero-order valence-electron chi connectivity index (χ0n) is 16.7. The molecule has 1 aromatic carbocycles. The number of nitrogens with zero attached hydrogens (tertiary/aromatic N) is 3. The van der Waals surface area contributed by atoms with Crippen molar-refractivity contribution >= 4 is 17.4 Å². The minimum absolute atomic E-state index is 0.0112. The highest BCUT2D eigenvalue weighted by Gasteiger charge is 2.45. The van der Waals surface area contributed by atoms with Crippen molar-refractivity contribution in [3.05, 3.63) is 70.8 Å². The first-order chi connectivity index (χ1) is 13.8. The van der Waals surface area contributed by atoms with Crippen LogP contribution in [-0.2, 0) is 9.59 Å². The van der Waals surface area contributed by atoms with Crippen LogP contribution in [0.3, 0.4) is 0 Å². The number of Topliss-reactive ketones (excluding diaryl/α,β-unsaturated/α-hetero) is 1. The summed E-state index contributed by atoms with van der Waals surface area (Å²) in [5, 5.41) is 10.9. The van der Waals surface area contributed by atoms with Crippen molar-refractivity contribution in [2.45, 2.75) is 19.4 Å². The van der Waals surface area contributed by atoms with Gasteiger partial charge in [-0.1, -0.05) is 0 Å². The normalized spacial score (nSPS) is 18.7. The summed E-state index contributed by atoms with van der Waals surface area (Å²) < 4.78 is 13.6. The monoisotopic (exact) mass is 397 g/mol. The lowest BCUT2D eigenvalue weighted by atomic mass is 9.95. The summed E-state index contributed by atoms with van der Waals surface area (Å²) in [6.07, 6.45) is 3.84. The average molecular weight is 397 g/mol. The number of aliphatic hydroxyl groups is 1. The van der Waals surface area contributed by atoms with Crippen LogP contribution in [0.4, 0.5) is 4.39 Å². The number of halogens is 1. The largest absolute Gasteiger partial charge is 0.507 e. The van der Waals surface area contributed by atoms with E-state index in [1.165, 1.54) is 23.1 Å². The first-order valence-electron chi connectivity index (χ1n) is 9.41. The van der Waals surface area contributed by atoms with Crippen LogP contribution in [0.25, 0.3) is 5.76 Å². The second kappa shape index (κ2) is 8.53. The van der Waals surface area contributed by atoms with Crippen molar-refractivity contribution in [3.8, 4) is 0 Å². The van der Waals surface area contributed by atoms with E-state index >= 15 is 0 Å². The van der Waals surface area contributed by atoms with Gasteiger partial charge in [0.2, 0.25) is 0 Å². The second-order valence-electron chi connectivity index (χ2n) is 7.39. The van der Waals surface area contributed by atoms with E-state index in [1.54, 1.807) is 31.5 Å². The third-order valence-corrected chi connectivity index (χ3v) is 5.00. The molecule has 152 valence electrons. The van der Waals surface area contributed by atoms with E-state index in [0.717, 1.165) is 6.54 Å². The number of aromatic nitrogens is 1. The van der Waals surface area contributed by atoms with E-state index in [9.17, 15) is 19.1 Å². The van der Waals surface area contributed by atoms with Gasteiger partial charge >= 0.3 is 0 Å². The number of ketones is 1. The molecule has 0 spiro atoms. The molecule has 0 radical (unpaired) electrons. The van der Waals surface area contributed by atoms with Crippen molar-refractivity contribution in [1.29, 1.82) is 0 Å². The number of rotatable bonds is 6. The van der Waals surface area contributed by atoms with Crippen molar-refractivity contribution in [3.63, 3.8) is 0 Å². The standard InChI is InChI=1S/C22H24FN3O3/c1-14-13-16(5-6-17(14)23)20(27)18-19(15-7-9-24-10-8-15)26(22(29)21(18)28)12-4-11-25(2)3/h5-10,13,19,27H,4,11-12H2,1-3H3/b20-18-. The molecule has 29 heavy (non-hydrogen) atoms. The number of likely N-dealkylation sites (tertiary alicyclic amines) is 1. The number of carbonyl (C=O) groups is 2. The van der Waals surface area contributed by atoms with Crippen molar-refractivity contribution < 1.29 is 19.1 Å². The number of aryl methyl sites for hydroxylation is 1. The van der Waals surface area contributed by atoms with Gasteiger partial charge in [0, 0.05) is 24.5 Å². The van der Waals surface area contributed by atoms with E-state index in [4.69, 9.17) is 0 Å². The number of amides is 1. The number of carbonyl (C=O) groups excluding carboxylic acids is 2. The molecule has 1 atom stereocenters. The van der Waals surface area contributed by atoms with Gasteiger partial charge in [-0.2, -0.15) is 0 Å². The highest BCUT2D eigenvalue weighted by atomic mass is 19.1.